The van der Waals surface area contributed by atoms with Crippen LogP contribution in [0.3, 0.4) is 0 Å². The number of hydrogen-bond acceptors (Lipinski definition) is 6. The fourth-order valence-electron chi connectivity index (χ4n) is 1.69. The van der Waals surface area contributed by atoms with Gasteiger partial charge in [0.2, 0.25) is 15.0 Å². The zero-order valence-electron chi connectivity index (χ0n) is 10.2. The van der Waals surface area contributed by atoms with Gasteiger partial charge in [0.25, 0.3) is 0 Å². The molecule has 102 valence electrons. The lowest BCUT2D eigenvalue weighted by Crippen LogP contribution is -2.05. The highest BCUT2D eigenvalue weighted by molar-refractivity contribution is 7.90. The van der Waals surface area contributed by atoms with E-state index in [0.29, 0.717) is 4.88 Å². The Balaban J connectivity index is 1.85. The van der Waals surface area contributed by atoms with Crippen LogP contribution in [0.15, 0.2) is 48.0 Å². The number of aromatic nitrogens is 4. The van der Waals surface area contributed by atoms with Crippen molar-refractivity contribution >= 4 is 21.2 Å². The zero-order valence-corrected chi connectivity index (χ0v) is 11.9. The lowest BCUT2D eigenvalue weighted by Gasteiger charge is -1.97. The van der Waals surface area contributed by atoms with Crippen LogP contribution < -0.4 is 0 Å². The molecular formula is C12H10N4O2S2. The van der Waals surface area contributed by atoms with Gasteiger partial charge in [-0.1, -0.05) is 30.3 Å². The fraction of sp³-hybridized carbons (Fsp3) is 0.0833. The normalized spacial score (nSPS) is 11.6. The van der Waals surface area contributed by atoms with Gasteiger partial charge in [0.15, 0.2) is 0 Å². The SMILES string of the molecule is O=S(=O)(Cc1cnc(-c2ccccc2)s1)c1ncn[nH]1. The molecule has 0 bridgehead atoms. The third kappa shape index (κ3) is 2.61. The van der Waals surface area contributed by atoms with E-state index in [4.69, 9.17) is 0 Å². The maximum atomic E-state index is 12.1. The lowest BCUT2D eigenvalue weighted by atomic mass is 10.2. The Hall–Kier alpha value is -2.06. The van der Waals surface area contributed by atoms with Crippen molar-refractivity contribution < 1.29 is 8.42 Å². The average Bonchev–Trinajstić information content (AvgIpc) is 3.10. The number of benzene rings is 1. The molecule has 0 saturated heterocycles. The topological polar surface area (TPSA) is 88.6 Å². The first-order valence-corrected chi connectivity index (χ1v) is 8.20. The molecule has 1 aromatic carbocycles. The number of nitrogens with one attached hydrogen (secondary N) is 1. The lowest BCUT2D eigenvalue weighted by molar-refractivity contribution is 0.587. The van der Waals surface area contributed by atoms with Crippen LogP contribution in [0.5, 0.6) is 0 Å². The van der Waals surface area contributed by atoms with Gasteiger partial charge in [-0.3, -0.25) is 5.10 Å². The number of hydrogen-bond donors (Lipinski definition) is 1. The minimum Gasteiger partial charge on any atom is -0.250 e. The summed E-state index contributed by atoms with van der Waals surface area (Å²) in [6.07, 6.45) is 2.76. The van der Waals surface area contributed by atoms with E-state index >= 15 is 0 Å². The largest absolute Gasteiger partial charge is 0.250 e. The van der Waals surface area contributed by atoms with E-state index in [1.165, 1.54) is 17.7 Å². The third-order valence-electron chi connectivity index (χ3n) is 2.59. The van der Waals surface area contributed by atoms with Gasteiger partial charge in [0, 0.05) is 16.6 Å². The molecule has 0 saturated carbocycles. The molecule has 2 aromatic heterocycles. The summed E-state index contributed by atoms with van der Waals surface area (Å²) in [6, 6.07) is 9.64. The van der Waals surface area contributed by atoms with Crippen LogP contribution >= 0.6 is 11.3 Å². The van der Waals surface area contributed by atoms with Crippen LogP contribution in [0.25, 0.3) is 10.6 Å². The van der Waals surface area contributed by atoms with E-state index in [-0.39, 0.29) is 10.9 Å². The van der Waals surface area contributed by atoms with Gasteiger partial charge in [-0.05, 0) is 0 Å². The molecule has 8 heteroatoms. The molecule has 20 heavy (non-hydrogen) atoms. The Bertz CT molecular complexity index is 795. The monoisotopic (exact) mass is 306 g/mol. The summed E-state index contributed by atoms with van der Waals surface area (Å²) in [5.74, 6) is -0.132. The van der Waals surface area contributed by atoms with Gasteiger partial charge in [-0.2, -0.15) is 5.10 Å². The van der Waals surface area contributed by atoms with Gasteiger partial charge in [-0.25, -0.2) is 18.4 Å². The number of aromatic amines is 1. The molecule has 0 atom stereocenters. The molecule has 0 aliphatic carbocycles. The molecular weight excluding hydrogens is 296 g/mol. The van der Waals surface area contributed by atoms with Gasteiger partial charge in [-0.15, -0.1) is 11.3 Å². The second-order valence-electron chi connectivity index (χ2n) is 4.05. The number of thiazole rings is 1. The van der Waals surface area contributed by atoms with Crippen LogP contribution in [-0.2, 0) is 15.6 Å². The summed E-state index contributed by atoms with van der Waals surface area (Å²) in [6.45, 7) is 0. The van der Waals surface area contributed by atoms with E-state index in [9.17, 15) is 8.42 Å². The first-order valence-electron chi connectivity index (χ1n) is 5.73. The minimum atomic E-state index is -3.50. The van der Waals surface area contributed by atoms with E-state index in [0.717, 1.165) is 10.6 Å². The summed E-state index contributed by atoms with van der Waals surface area (Å²) in [5, 5.41) is 6.61. The van der Waals surface area contributed by atoms with Crippen molar-refractivity contribution in [1.82, 2.24) is 20.2 Å². The van der Waals surface area contributed by atoms with Crippen LogP contribution in [0.1, 0.15) is 4.88 Å². The summed E-state index contributed by atoms with van der Waals surface area (Å²) in [7, 11) is -3.50. The highest BCUT2D eigenvalue weighted by Gasteiger charge is 2.20. The Morgan fingerprint density at radius 3 is 2.65 bits per heavy atom. The van der Waals surface area contributed by atoms with E-state index in [1.54, 1.807) is 6.20 Å². The van der Waals surface area contributed by atoms with Crippen molar-refractivity contribution in [2.75, 3.05) is 0 Å². The van der Waals surface area contributed by atoms with Crippen LogP contribution in [0.4, 0.5) is 0 Å². The second kappa shape index (κ2) is 5.14. The average molecular weight is 306 g/mol. The molecule has 0 spiro atoms. The van der Waals surface area contributed by atoms with Crippen molar-refractivity contribution in [1.29, 1.82) is 0 Å². The molecule has 0 fully saturated rings. The number of nitrogens with zero attached hydrogens (tertiary/aromatic N) is 3. The van der Waals surface area contributed by atoms with Gasteiger partial charge in [0.05, 0.1) is 5.75 Å². The molecule has 0 radical (unpaired) electrons. The predicted molar refractivity (Wildman–Crippen MR) is 74.8 cm³/mol. The number of sulfone groups is 1. The van der Waals surface area contributed by atoms with Crippen LogP contribution in [0, 0.1) is 0 Å². The molecule has 2 heterocycles. The molecule has 0 unspecified atom stereocenters. The van der Waals surface area contributed by atoms with E-state index in [1.807, 2.05) is 30.3 Å². The van der Waals surface area contributed by atoms with Gasteiger partial charge >= 0.3 is 0 Å². The van der Waals surface area contributed by atoms with Crippen molar-refractivity contribution in [3.05, 3.63) is 47.7 Å². The highest BCUT2D eigenvalue weighted by atomic mass is 32.2. The van der Waals surface area contributed by atoms with Crippen molar-refractivity contribution in [2.24, 2.45) is 0 Å². The summed E-state index contributed by atoms with van der Waals surface area (Å²) in [4.78, 5) is 8.61. The zero-order chi connectivity index (χ0) is 14.0. The van der Waals surface area contributed by atoms with Crippen molar-refractivity contribution in [3.63, 3.8) is 0 Å². The highest BCUT2D eigenvalue weighted by Crippen LogP contribution is 2.26. The molecule has 3 aromatic rings. The number of rotatable bonds is 4. The molecule has 0 aliphatic heterocycles. The molecule has 1 N–H and O–H groups in total. The smallest absolute Gasteiger partial charge is 0.243 e. The number of H-pyrrole nitrogens is 1. The first kappa shape index (κ1) is 12.9. The van der Waals surface area contributed by atoms with Crippen molar-refractivity contribution in [2.45, 2.75) is 10.9 Å². The molecule has 3 rings (SSSR count). The van der Waals surface area contributed by atoms with Gasteiger partial charge in [0.1, 0.15) is 11.3 Å². The third-order valence-corrected chi connectivity index (χ3v) is 5.30. The summed E-state index contributed by atoms with van der Waals surface area (Å²) < 4.78 is 24.1. The molecule has 0 amide bonds. The fourth-order valence-corrected chi connectivity index (χ4v) is 4.09. The van der Waals surface area contributed by atoms with Crippen LogP contribution in [-0.4, -0.2) is 28.6 Å². The van der Waals surface area contributed by atoms with Crippen molar-refractivity contribution in [3.8, 4) is 10.6 Å². The predicted octanol–water partition coefficient (Wildman–Crippen LogP) is 1.90. The Morgan fingerprint density at radius 1 is 1.15 bits per heavy atom. The Morgan fingerprint density at radius 2 is 1.95 bits per heavy atom. The molecule has 0 aliphatic rings. The second-order valence-corrected chi connectivity index (χ2v) is 7.07. The summed E-state index contributed by atoms with van der Waals surface area (Å²) in [5.41, 5.74) is 0.973. The summed E-state index contributed by atoms with van der Waals surface area (Å²) >= 11 is 1.36. The molecule has 6 nitrogen and oxygen atoms in total. The maximum absolute atomic E-state index is 12.1. The van der Waals surface area contributed by atoms with Gasteiger partial charge < -0.3 is 0 Å². The van der Waals surface area contributed by atoms with E-state index in [2.05, 4.69) is 20.2 Å². The standard InChI is InChI=1S/C12H10N4O2S2/c17-20(18,12-14-8-15-16-12)7-10-6-13-11(19-10)9-4-2-1-3-5-9/h1-6,8H,7H2,(H,14,15,16). The van der Waals surface area contributed by atoms with E-state index < -0.39 is 9.84 Å². The quantitative estimate of drug-likeness (QED) is 0.795. The Labute approximate surface area is 119 Å². The Kier molecular flexibility index (Phi) is 3.33. The minimum absolute atomic E-state index is 0.118. The maximum Gasteiger partial charge on any atom is 0.243 e. The first-order chi connectivity index (χ1) is 9.65. The van der Waals surface area contributed by atoms with Crippen LogP contribution in [0.2, 0.25) is 0 Å².